The van der Waals surface area contributed by atoms with Crippen molar-refractivity contribution >= 4 is 12.5 Å². The average Bonchev–Trinajstić information content (AvgIpc) is 2.20. The quantitative estimate of drug-likeness (QED) is 0.357. The van der Waals surface area contributed by atoms with Crippen LogP contribution >= 0.6 is 0 Å². The highest BCUT2D eigenvalue weighted by molar-refractivity contribution is 5.83. The molecule has 0 aliphatic heterocycles. The Hall–Kier alpha value is -0.920. The summed E-state index contributed by atoms with van der Waals surface area (Å²) in [6.07, 6.45) is 4.04. The second-order valence-electron chi connectivity index (χ2n) is 1.44. The molecule has 0 bridgehead atoms. The molecule has 2 nitrogen and oxygen atoms in total. The normalized spacial score (nSPS) is 9.33. The Balaban J connectivity index is -0.000000175. The SMILES string of the molecule is CC.CC.CN=C/C=C(\C)C=O. The zero-order chi connectivity index (χ0) is 10.4. The third-order valence-corrected chi connectivity index (χ3v) is 0.672. The highest BCUT2D eigenvalue weighted by Gasteiger charge is 1.75. The standard InChI is InChI=1S/C6H9NO.2C2H6/c1-6(5-8)3-4-7-2;2*1-2/h3-5H,1-2H3;2*1-2H3/b6-3+,7-4?;;. The van der Waals surface area contributed by atoms with Crippen molar-refractivity contribution in [1.82, 2.24) is 0 Å². The summed E-state index contributed by atoms with van der Waals surface area (Å²) >= 11 is 0. The van der Waals surface area contributed by atoms with E-state index in [4.69, 9.17) is 0 Å². The Labute approximate surface area is 76.4 Å². The van der Waals surface area contributed by atoms with Gasteiger partial charge in [-0.15, -0.1) is 0 Å². The van der Waals surface area contributed by atoms with Gasteiger partial charge in [0.25, 0.3) is 0 Å². The van der Waals surface area contributed by atoms with Crippen molar-refractivity contribution in [3.05, 3.63) is 11.6 Å². The number of aldehydes is 1. The van der Waals surface area contributed by atoms with Gasteiger partial charge in [-0.25, -0.2) is 0 Å². The highest BCUT2D eigenvalue weighted by Crippen LogP contribution is 1.80. The van der Waals surface area contributed by atoms with Crippen LogP contribution in [0.5, 0.6) is 0 Å². The van der Waals surface area contributed by atoms with Crippen molar-refractivity contribution in [2.24, 2.45) is 4.99 Å². The van der Waals surface area contributed by atoms with Crippen LogP contribution < -0.4 is 0 Å². The summed E-state index contributed by atoms with van der Waals surface area (Å²) in [4.78, 5) is 13.5. The predicted molar refractivity (Wildman–Crippen MR) is 56.9 cm³/mol. The van der Waals surface area contributed by atoms with Crippen molar-refractivity contribution in [3.8, 4) is 0 Å². The van der Waals surface area contributed by atoms with E-state index in [1.807, 2.05) is 27.7 Å². The molecule has 0 N–H and O–H groups in total. The molecule has 0 heterocycles. The molecule has 0 amide bonds. The molecule has 0 aromatic rings. The van der Waals surface area contributed by atoms with Crippen LogP contribution in [0.4, 0.5) is 0 Å². The van der Waals surface area contributed by atoms with E-state index in [1.54, 1.807) is 26.3 Å². The lowest BCUT2D eigenvalue weighted by Crippen LogP contribution is -1.75. The molecule has 0 spiro atoms. The molecule has 0 radical (unpaired) electrons. The zero-order valence-electron chi connectivity index (χ0n) is 9.09. The maximum Gasteiger partial charge on any atom is 0.145 e. The molecule has 0 atom stereocenters. The lowest BCUT2D eigenvalue weighted by atomic mass is 10.3. The molecule has 0 saturated carbocycles. The molecule has 0 aliphatic carbocycles. The van der Waals surface area contributed by atoms with E-state index in [1.165, 1.54) is 0 Å². The molecule has 0 saturated heterocycles. The number of nitrogens with zero attached hydrogens (tertiary/aromatic N) is 1. The lowest BCUT2D eigenvalue weighted by Gasteiger charge is -1.77. The summed E-state index contributed by atoms with van der Waals surface area (Å²) in [6.45, 7) is 9.73. The molecule has 2 heteroatoms. The van der Waals surface area contributed by atoms with Gasteiger partial charge < -0.3 is 0 Å². The maximum absolute atomic E-state index is 9.88. The van der Waals surface area contributed by atoms with Gasteiger partial charge in [-0.3, -0.25) is 9.79 Å². The van der Waals surface area contributed by atoms with Crippen molar-refractivity contribution in [1.29, 1.82) is 0 Å². The van der Waals surface area contributed by atoms with Gasteiger partial charge >= 0.3 is 0 Å². The molecular weight excluding hydrogens is 150 g/mol. The van der Waals surface area contributed by atoms with E-state index in [9.17, 15) is 4.79 Å². The topological polar surface area (TPSA) is 29.4 Å². The lowest BCUT2D eigenvalue weighted by molar-refractivity contribution is -0.104. The summed E-state index contributed by atoms with van der Waals surface area (Å²) in [6, 6.07) is 0. The van der Waals surface area contributed by atoms with E-state index in [2.05, 4.69) is 4.99 Å². The Morgan fingerprint density at radius 3 is 1.83 bits per heavy atom. The largest absolute Gasteiger partial charge is 0.298 e. The Morgan fingerprint density at radius 1 is 1.17 bits per heavy atom. The molecule has 0 rings (SSSR count). The van der Waals surface area contributed by atoms with Crippen molar-refractivity contribution < 1.29 is 4.79 Å². The zero-order valence-corrected chi connectivity index (χ0v) is 9.09. The minimum Gasteiger partial charge on any atom is -0.298 e. The molecular formula is C10H21NO. The van der Waals surface area contributed by atoms with Gasteiger partial charge in [-0.1, -0.05) is 27.7 Å². The van der Waals surface area contributed by atoms with E-state index in [0.717, 1.165) is 6.29 Å². The second-order valence-corrected chi connectivity index (χ2v) is 1.44. The Morgan fingerprint density at radius 2 is 1.58 bits per heavy atom. The monoisotopic (exact) mass is 171 g/mol. The molecule has 72 valence electrons. The van der Waals surface area contributed by atoms with Gasteiger partial charge in [-0.05, 0) is 18.6 Å². The van der Waals surface area contributed by atoms with Gasteiger partial charge in [0.1, 0.15) is 6.29 Å². The molecule has 0 aliphatic rings. The van der Waals surface area contributed by atoms with Crippen LogP contribution in [0.15, 0.2) is 16.6 Å². The number of allylic oxidation sites excluding steroid dienone is 2. The van der Waals surface area contributed by atoms with Gasteiger partial charge in [0.2, 0.25) is 0 Å². The highest BCUT2D eigenvalue weighted by atomic mass is 16.1. The molecule has 0 unspecified atom stereocenters. The fourth-order valence-corrected chi connectivity index (χ4v) is 0.231. The van der Waals surface area contributed by atoms with Gasteiger partial charge in [0.05, 0.1) is 0 Å². The fraction of sp³-hybridized carbons (Fsp3) is 0.600. The smallest absolute Gasteiger partial charge is 0.145 e. The third-order valence-electron chi connectivity index (χ3n) is 0.672. The third kappa shape index (κ3) is 23.0. The van der Waals surface area contributed by atoms with Crippen LogP contribution in [0.3, 0.4) is 0 Å². The van der Waals surface area contributed by atoms with Gasteiger partial charge in [0.15, 0.2) is 0 Å². The van der Waals surface area contributed by atoms with E-state index < -0.39 is 0 Å². The van der Waals surface area contributed by atoms with Crippen LogP contribution in [-0.4, -0.2) is 19.5 Å². The summed E-state index contributed by atoms with van der Waals surface area (Å²) in [5.74, 6) is 0. The molecule has 0 aromatic heterocycles. The van der Waals surface area contributed by atoms with E-state index in [0.29, 0.717) is 5.57 Å². The molecule has 12 heavy (non-hydrogen) atoms. The molecule has 0 fully saturated rings. The maximum atomic E-state index is 9.88. The Bertz CT molecular complexity index is 126. The first-order valence-corrected chi connectivity index (χ1v) is 4.35. The number of rotatable bonds is 2. The number of carbonyl (C=O) groups excluding carboxylic acids is 1. The fourth-order valence-electron chi connectivity index (χ4n) is 0.231. The van der Waals surface area contributed by atoms with Crippen LogP contribution in [-0.2, 0) is 4.79 Å². The first kappa shape index (κ1) is 17.2. The summed E-state index contributed by atoms with van der Waals surface area (Å²) in [5, 5.41) is 0. The van der Waals surface area contributed by atoms with Crippen molar-refractivity contribution in [3.63, 3.8) is 0 Å². The number of aliphatic imine (C=N–C) groups is 1. The second kappa shape index (κ2) is 22.5. The van der Waals surface area contributed by atoms with Crippen LogP contribution in [0, 0.1) is 0 Å². The van der Waals surface area contributed by atoms with Crippen molar-refractivity contribution in [2.45, 2.75) is 34.6 Å². The average molecular weight is 171 g/mol. The van der Waals surface area contributed by atoms with Gasteiger partial charge in [0, 0.05) is 13.3 Å². The number of hydrogen-bond acceptors (Lipinski definition) is 2. The van der Waals surface area contributed by atoms with E-state index >= 15 is 0 Å². The molecule has 0 aromatic carbocycles. The minimum atomic E-state index is 0.690. The van der Waals surface area contributed by atoms with Crippen molar-refractivity contribution in [2.75, 3.05) is 7.05 Å². The Kier molecular flexibility index (Phi) is 32.3. The number of hydrogen-bond donors (Lipinski definition) is 0. The van der Waals surface area contributed by atoms with E-state index in [-0.39, 0.29) is 0 Å². The summed E-state index contributed by atoms with van der Waals surface area (Å²) in [7, 11) is 1.66. The first-order valence-electron chi connectivity index (χ1n) is 4.35. The minimum absolute atomic E-state index is 0.690. The summed E-state index contributed by atoms with van der Waals surface area (Å²) in [5.41, 5.74) is 0.690. The van der Waals surface area contributed by atoms with Crippen LogP contribution in [0.25, 0.3) is 0 Å². The number of carbonyl (C=O) groups is 1. The summed E-state index contributed by atoms with van der Waals surface area (Å²) < 4.78 is 0. The predicted octanol–water partition coefficient (Wildman–Crippen LogP) is 2.88. The van der Waals surface area contributed by atoms with Crippen LogP contribution in [0.1, 0.15) is 34.6 Å². The van der Waals surface area contributed by atoms with Gasteiger partial charge in [-0.2, -0.15) is 0 Å². The first-order chi connectivity index (χ1) is 5.81. The van der Waals surface area contributed by atoms with Crippen LogP contribution in [0.2, 0.25) is 0 Å².